The Kier molecular flexibility index (Phi) is 3.79. The Morgan fingerprint density at radius 1 is 1.15 bits per heavy atom. The molecule has 1 aliphatic carbocycles. The molecule has 11 heteroatoms. The summed E-state index contributed by atoms with van der Waals surface area (Å²) in [4.78, 5) is 15.8. The molecule has 1 fully saturated rings. The summed E-state index contributed by atoms with van der Waals surface area (Å²) in [5.74, 6) is -1.34. The third-order valence-electron chi connectivity index (χ3n) is 3.89. The smallest absolute Gasteiger partial charge is 0.343 e. The second kappa shape index (κ2) is 5.90. The maximum Gasteiger partial charge on any atom is 0.471 e. The number of alkyl halides is 3. The van der Waals surface area contributed by atoms with Crippen LogP contribution < -0.4 is 5.32 Å². The number of hydrogen-bond donors (Lipinski definition) is 1. The molecule has 0 unspecified atom stereocenters. The minimum absolute atomic E-state index is 0.209. The van der Waals surface area contributed by atoms with Crippen molar-refractivity contribution in [2.45, 2.75) is 24.6 Å². The fourth-order valence-corrected chi connectivity index (χ4v) is 2.57. The van der Waals surface area contributed by atoms with Crippen LogP contribution in [0.15, 0.2) is 35.2 Å². The van der Waals surface area contributed by atoms with Gasteiger partial charge in [-0.15, -0.1) is 0 Å². The standard InChI is InChI=1S/C15H10ClF3N6O/c16-9-1-4-20-10(5-9)14(2-3-14)24-13-21-6-8(7-22-13)11-23-12(26-25-11)15(17,18)19/h1,4-7H,2-3H2,(H,21,22,24). The van der Waals surface area contributed by atoms with Gasteiger partial charge < -0.3 is 9.84 Å². The molecule has 3 aromatic rings. The van der Waals surface area contributed by atoms with E-state index in [1.165, 1.54) is 12.4 Å². The van der Waals surface area contributed by atoms with Crippen LogP contribution in [0, 0.1) is 0 Å². The van der Waals surface area contributed by atoms with Gasteiger partial charge in [0.15, 0.2) is 0 Å². The second-order valence-electron chi connectivity index (χ2n) is 5.78. The van der Waals surface area contributed by atoms with E-state index in [1.54, 1.807) is 18.3 Å². The summed E-state index contributed by atoms with van der Waals surface area (Å²) >= 11 is 6.00. The van der Waals surface area contributed by atoms with Crippen molar-refractivity contribution in [3.05, 3.63) is 47.3 Å². The van der Waals surface area contributed by atoms with E-state index < -0.39 is 12.1 Å². The Bertz CT molecular complexity index is 939. The molecule has 4 rings (SSSR count). The van der Waals surface area contributed by atoms with Crippen molar-refractivity contribution >= 4 is 17.5 Å². The molecule has 1 saturated carbocycles. The predicted octanol–water partition coefficient (Wildman–Crippen LogP) is 3.70. The van der Waals surface area contributed by atoms with Crippen LogP contribution in [0.5, 0.6) is 0 Å². The van der Waals surface area contributed by atoms with Gasteiger partial charge >= 0.3 is 12.1 Å². The zero-order valence-corrected chi connectivity index (χ0v) is 13.7. The lowest BCUT2D eigenvalue weighted by Gasteiger charge is -2.16. The summed E-state index contributed by atoms with van der Waals surface area (Å²) in [6.45, 7) is 0. The van der Waals surface area contributed by atoms with Crippen molar-refractivity contribution in [2.75, 3.05) is 5.32 Å². The van der Waals surface area contributed by atoms with Crippen LogP contribution in [0.1, 0.15) is 24.4 Å². The SMILES string of the molecule is FC(F)(F)c1nc(-c2cnc(NC3(c4cc(Cl)ccn4)CC3)nc2)no1. The Hall–Kier alpha value is -2.75. The number of pyridine rings is 1. The normalized spacial score (nSPS) is 15.7. The van der Waals surface area contributed by atoms with Crippen LogP contribution >= 0.6 is 11.6 Å². The fraction of sp³-hybridized carbons (Fsp3) is 0.267. The molecule has 26 heavy (non-hydrogen) atoms. The Morgan fingerprint density at radius 3 is 2.46 bits per heavy atom. The highest BCUT2D eigenvalue weighted by Crippen LogP contribution is 2.47. The van der Waals surface area contributed by atoms with Crippen LogP contribution in [-0.4, -0.2) is 25.1 Å². The lowest BCUT2D eigenvalue weighted by molar-refractivity contribution is -0.159. The van der Waals surface area contributed by atoms with Crippen LogP contribution in [0.4, 0.5) is 19.1 Å². The molecular formula is C15H10ClF3N6O. The first-order chi connectivity index (χ1) is 12.4. The van der Waals surface area contributed by atoms with Gasteiger partial charge in [-0.25, -0.2) is 9.97 Å². The van der Waals surface area contributed by atoms with E-state index in [2.05, 4.69) is 34.9 Å². The van der Waals surface area contributed by atoms with E-state index in [1.807, 2.05) is 0 Å². The highest BCUT2D eigenvalue weighted by Gasteiger charge is 2.46. The number of hydrogen-bond acceptors (Lipinski definition) is 7. The Labute approximate surface area is 149 Å². The quantitative estimate of drug-likeness (QED) is 0.735. The maximum atomic E-state index is 12.5. The molecule has 0 spiro atoms. The van der Waals surface area contributed by atoms with Gasteiger partial charge in [-0.3, -0.25) is 4.98 Å². The highest BCUT2D eigenvalue weighted by atomic mass is 35.5. The van der Waals surface area contributed by atoms with Crippen molar-refractivity contribution in [2.24, 2.45) is 0 Å². The average molecular weight is 383 g/mol. The molecule has 0 aliphatic heterocycles. The molecule has 134 valence electrons. The minimum atomic E-state index is -4.70. The molecular weight excluding hydrogens is 373 g/mol. The summed E-state index contributed by atoms with van der Waals surface area (Å²) in [6.07, 6.45) is 1.24. The highest BCUT2D eigenvalue weighted by molar-refractivity contribution is 6.30. The van der Waals surface area contributed by atoms with Crippen molar-refractivity contribution in [1.82, 2.24) is 25.1 Å². The summed E-state index contributed by atoms with van der Waals surface area (Å²) in [7, 11) is 0. The van der Waals surface area contributed by atoms with E-state index in [0.717, 1.165) is 18.5 Å². The Balaban J connectivity index is 1.53. The number of rotatable bonds is 4. The van der Waals surface area contributed by atoms with E-state index in [0.29, 0.717) is 11.0 Å². The number of nitrogens with one attached hydrogen (secondary N) is 1. The first-order valence-corrected chi connectivity index (χ1v) is 7.87. The number of halogens is 4. The van der Waals surface area contributed by atoms with Gasteiger partial charge in [0.2, 0.25) is 11.8 Å². The van der Waals surface area contributed by atoms with Crippen LogP contribution in [0.2, 0.25) is 5.02 Å². The maximum absolute atomic E-state index is 12.5. The van der Waals surface area contributed by atoms with E-state index in [4.69, 9.17) is 11.6 Å². The monoisotopic (exact) mass is 382 g/mol. The van der Waals surface area contributed by atoms with Crippen LogP contribution in [0.25, 0.3) is 11.4 Å². The van der Waals surface area contributed by atoms with Gasteiger partial charge in [0.25, 0.3) is 0 Å². The first-order valence-electron chi connectivity index (χ1n) is 7.49. The Morgan fingerprint density at radius 2 is 1.88 bits per heavy atom. The lowest BCUT2D eigenvalue weighted by atomic mass is 10.1. The third-order valence-corrected chi connectivity index (χ3v) is 4.13. The molecule has 0 amide bonds. The van der Waals surface area contributed by atoms with Crippen molar-refractivity contribution in [1.29, 1.82) is 0 Å². The predicted molar refractivity (Wildman–Crippen MR) is 84.1 cm³/mol. The lowest BCUT2D eigenvalue weighted by Crippen LogP contribution is -2.21. The molecule has 0 aromatic carbocycles. The summed E-state index contributed by atoms with van der Waals surface area (Å²) < 4.78 is 41.7. The number of aromatic nitrogens is 5. The molecule has 1 N–H and O–H groups in total. The third kappa shape index (κ3) is 3.19. The van der Waals surface area contributed by atoms with Crippen LogP contribution in [-0.2, 0) is 11.7 Å². The largest absolute Gasteiger partial charge is 0.471 e. The molecule has 3 heterocycles. The molecule has 0 radical (unpaired) electrons. The fourth-order valence-electron chi connectivity index (χ4n) is 2.41. The number of anilines is 1. The van der Waals surface area contributed by atoms with Crippen molar-refractivity contribution < 1.29 is 17.7 Å². The van der Waals surface area contributed by atoms with Gasteiger partial charge in [-0.05, 0) is 25.0 Å². The molecule has 1 aliphatic rings. The molecule has 0 bridgehead atoms. The van der Waals surface area contributed by atoms with Crippen molar-refractivity contribution in [3.63, 3.8) is 0 Å². The van der Waals surface area contributed by atoms with Crippen LogP contribution in [0.3, 0.4) is 0 Å². The zero-order chi connectivity index (χ0) is 18.4. The van der Waals surface area contributed by atoms with Gasteiger partial charge in [0, 0.05) is 23.6 Å². The summed E-state index contributed by atoms with van der Waals surface area (Å²) in [5, 5.41) is 7.07. The molecule has 0 atom stereocenters. The number of nitrogens with zero attached hydrogens (tertiary/aromatic N) is 5. The van der Waals surface area contributed by atoms with Gasteiger partial charge in [-0.2, -0.15) is 18.2 Å². The zero-order valence-electron chi connectivity index (χ0n) is 13.0. The summed E-state index contributed by atoms with van der Waals surface area (Å²) in [5.41, 5.74) is 0.605. The van der Waals surface area contributed by atoms with E-state index >= 15 is 0 Å². The molecule has 3 aromatic heterocycles. The van der Waals surface area contributed by atoms with Gasteiger partial charge in [0.1, 0.15) is 0 Å². The first kappa shape index (κ1) is 16.7. The average Bonchev–Trinajstić information content (AvgIpc) is 3.19. The minimum Gasteiger partial charge on any atom is -0.343 e. The topological polar surface area (TPSA) is 89.6 Å². The summed E-state index contributed by atoms with van der Waals surface area (Å²) in [6, 6.07) is 3.46. The van der Waals surface area contributed by atoms with E-state index in [-0.39, 0.29) is 16.9 Å². The molecule has 7 nitrogen and oxygen atoms in total. The van der Waals surface area contributed by atoms with E-state index in [9.17, 15) is 13.2 Å². The second-order valence-corrected chi connectivity index (χ2v) is 6.22. The van der Waals surface area contributed by atoms with Gasteiger partial charge in [-0.1, -0.05) is 16.8 Å². The molecule has 0 saturated heterocycles. The van der Waals surface area contributed by atoms with Gasteiger partial charge in [0.05, 0.1) is 16.8 Å². The van der Waals surface area contributed by atoms with Crippen molar-refractivity contribution in [3.8, 4) is 11.4 Å².